The van der Waals surface area contributed by atoms with Crippen LogP contribution in [-0.2, 0) is 21.4 Å². The highest BCUT2D eigenvalue weighted by atomic mass is 16.5. The monoisotopic (exact) mass is 544 g/mol. The lowest BCUT2D eigenvalue weighted by Crippen LogP contribution is -2.37. The fourth-order valence-corrected chi connectivity index (χ4v) is 6.01. The molecule has 2 atom stereocenters. The fraction of sp³-hybridized carbons (Fsp3) is 0.419. The second kappa shape index (κ2) is 13.0. The first-order valence-electron chi connectivity index (χ1n) is 13.7. The number of nitrogen functional groups attached to an aromatic ring is 1. The molecule has 5 rings (SSSR count). The lowest BCUT2D eigenvalue weighted by Gasteiger charge is -2.30. The minimum atomic E-state index is -0.185. The van der Waals surface area contributed by atoms with Crippen molar-refractivity contribution in [1.29, 1.82) is 0 Å². The Balaban J connectivity index is 0.00000181. The first-order chi connectivity index (χ1) is 19.4. The predicted molar refractivity (Wildman–Crippen MR) is 161 cm³/mol. The van der Waals surface area contributed by atoms with E-state index >= 15 is 0 Å². The summed E-state index contributed by atoms with van der Waals surface area (Å²) in [6.45, 7) is 10.5. The third-order valence-electron chi connectivity index (χ3n) is 7.99. The zero-order valence-corrected chi connectivity index (χ0v) is 23.8. The SMILES string of the molecule is C=C(C)C(=O)Nc1ccc(-c2c(C3=CC[C@@H](CN4CCC[C@H]4COC)CC3)c3c(N)ncnc3n2C)cc1.C=O. The Morgan fingerprint density at radius 3 is 2.60 bits per heavy atom. The molecule has 1 aliphatic heterocycles. The van der Waals surface area contributed by atoms with E-state index in [0.29, 0.717) is 23.4 Å². The van der Waals surface area contributed by atoms with Crippen molar-refractivity contribution in [3.05, 3.63) is 54.4 Å². The smallest absolute Gasteiger partial charge is 0.250 e. The van der Waals surface area contributed by atoms with Crippen LogP contribution in [0.5, 0.6) is 0 Å². The zero-order chi connectivity index (χ0) is 28.8. The van der Waals surface area contributed by atoms with Gasteiger partial charge in [0, 0.05) is 43.6 Å². The number of anilines is 2. The summed E-state index contributed by atoms with van der Waals surface area (Å²) in [7, 11) is 3.83. The second-order valence-electron chi connectivity index (χ2n) is 10.7. The lowest BCUT2D eigenvalue weighted by atomic mass is 9.84. The Bertz CT molecular complexity index is 1390. The van der Waals surface area contributed by atoms with Gasteiger partial charge in [0.2, 0.25) is 0 Å². The number of allylic oxidation sites excluding steroid dienone is 2. The number of nitrogens with two attached hydrogens (primary N) is 1. The number of likely N-dealkylation sites (tertiary alicyclic amines) is 1. The van der Waals surface area contributed by atoms with Gasteiger partial charge in [-0.1, -0.05) is 24.8 Å². The number of aromatic nitrogens is 3. The maximum Gasteiger partial charge on any atom is 0.250 e. The van der Waals surface area contributed by atoms with Crippen molar-refractivity contribution >= 4 is 40.8 Å². The molecule has 0 radical (unpaired) electrons. The molecule has 2 aromatic heterocycles. The fourth-order valence-electron chi connectivity index (χ4n) is 6.01. The number of nitrogens with zero attached hydrogens (tertiary/aromatic N) is 4. The summed E-state index contributed by atoms with van der Waals surface area (Å²) in [4.78, 5) is 31.6. The highest BCUT2D eigenvalue weighted by Gasteiger charge is 2.29. The summed E-state index contributed by atoms with van der Waals surface area (Å²) in [5, 5.41) is 3.79. The van der Waals surface area contributed by atoms with Crippen molar-refractivity contribution in [2.75, 3.05) is 37.9 Å². The van der Waals surface area contributed by atoms with Crippen LogP contribution < -0.4 is 11.1 Å². The Hall–Kier alpha value is -3.82. The van der Waals surface area contributed by atoms with Gasteiger partial charge in [-0.25, -0.2) is 9.97 Å². The topological polar surface area (TPSA) is 115 Å². The minimum absolute atomic E-state index is 0.185. The Morgan fingerprint density at radius 1 is 1.20 bits per heavy atom. The van der Waals surface area contributed by atoms with Crippen LogP contribution in [0, 0.1) is 5.92 Å². The van der Waals surface area contributed by atoms with Gasteiger partial charge in [-0.3, -0.25) is 9.69 Å². The van der Waals surface area contributed by atoms with Crippen molar-refractivity contribution in [3.8, 4) is 11.3 Å². The molecular weight excluding hydrogens is 504 g/mol. The number of ether oxygens (including phenoxy) is 1. The molecular formula is C31H40N6O3. The molecule has 1 amide bonds. The lowest BCUT2D eigenvalue weighted by molar-refractivity contribution is -0.112. The number of rotatable bonds is 8. The first kappa shape index (κ1) is 29.2. The molecule has 40 heavy (non-hydrogen) atoms. The maximum atomic E-state index is 12.1. The normalized spacial score (nSPS) is 19.1. The van der Waals surface area contributed by atoms with Gasteiger partial charge < -0.3 is 25.1 Å². The van der Waals surface area contributed by atoms with E-state index in [-0.39, 0.29) is 5.91 Å². The van der Waals surface area contributed by atoms with Gasteiger partial charge >= 0.3 is 0 Å². The van der Waals surface area contributed by atoms with Gasteiger partial charge in [-0.05, 0) is 74.8 Å². The van der Waals surface area contributed by atoms with E-state index in [1.807, 2.05) is 38.1 Å². The molecule has 1 fully saturated rings. The van der Waals surface area contributed by atoms with Crippen molar-refractivity contribution in [3.63, 3.8) is 0 Å². The molecule has 0 unspecified atom stereocenters. The number of nitrogens with one attached hydrogen (secondary N) is 1. The molecule has 2 aliphatic rings. The molecule has 3 aromatic rings. The van der Waals surface area contributed by atoms with E-state index < -0.39 is 0 Å². The number of hydrogen-bond donors (Lipinski definition) is 2. The van der Waals surface area contributed by atoms with Crippen LogP contribution >= 0.6 is 0 Å². The van der Waals surface area contributed by atoms with E-state index in [1.165, 1.54) is 31.3 Å². The highest BCUT2D eigenvalue weighted by Crippen LogP contribution is 2.43. The summed E-state index contributed by atoms with van der Waals surface area (Å²) in [6.07, 6.45) is 9.59. The third-order valence-corrected chi connectivity index (χ3v) is 7.99. The van der Waals surface area contributed by atoms with E-state index in [2.05, 4.69) is 37.4 Å². The number of aryl methyl sites for hydroxylation is 1. The molecule has 1 saturated heterocycles. The summed E-state index contributed by atoms with van der Waals surface area (Å²) < 4.78 is 7.57. The van der Waals surface area contributed by atoms with Crippen LogP contribution in [0.25, 0.3) is 27.9 Å². The molecule has 1 aliphatic carbocycles. The van der Waals surface area contributed by atoms with Gasteiger partial charge in [0.15, 0.2) is 0 Å². The maximum absolute atomic E-state index is 12.1. The number of fused-ring (bicyclic) bond motifs is 1. The molecule has 0 bridgehead atoms. The zero-order valence-electron chi connectivity index (χ0n) is 23.8. The predicted octanol–water partition coefficient (Wildman–Crippen LogP) is 4.84. The van der Waals surface area contributed by atoms with E-state index in [9.17, 15) is 4.79 Å². The number of carbonyl (C=O) groups excluding carboxylic acids is 2. The van der Waals surface area contributed by atoms with E-state index in [1.54, 1.807) is 14.0 Å². The van der Waals surface area contributed by atoms with Crippen molar-refractivity contribution in [2.45, 2.75) is 45.1 Å². The molecule has 9 nitrogen and oxygen atoms in total. The number of amides is 1. The van der Waals surface area contributed by atoms with Gasteiger partial charge in [-0.2, -0.15) is 0 Å². The van der Waals surface area contributed by atoms with Crippen molar-refractivity contribution in [2.24, 2.45) is 13.0 Å². The molecule has 0 spiro atoms. The standard InChI is InChI=1S/C30H38N6O2.CH2O/c1-19(2)30(37)34-23-13-11-22(12-14-23)27-25(26-28(31)32-18-33-29(26)35(27)3)21-9-7-20(8-10-21)16-36-15-5-6-24(36)17-38-4;1-2/h9,11-14,18,20,24H,1,5-8,10,15-17H2,2-4H3,(H,34,37)(H2,31,32,33);1H2/t20-,24+;/m1./s1. The van der Waals surface area contributed by atoms with Gasteiger partial charge in [-0.15, -0.1) is 0 Å². The van der Waals surface area contributed by atoms with E-state index in [0.717, 1.165) is 66.0 Å². The van der Waals surface area contributed by atoms with Crippen LogP contribution in [0.15, 0.2) is 48.8 Å². The van der Waals surface area contributed by atoms with Crippen LogP contribution in [0.1, 0.15) is 44.6 Å². The molecule has 3 N–H and O–H groups in total. The summed E-state index contributed by atoms with van der Waals surface area (Å²) in [6, 6.07) is 8.46. The molecule has 0 saturated carbocycles. The minimum Gasteiger partial charge on any atom is -0.383 e. The molecule has 212 valence electrons. The van der Waals surface area contributed by atoms with Gasteiger partial charge in [0.05, 0.1) is 17.7 Å². The number of methoxy groups -OCH3 is 1. The largest absolute Gasteiger partial charge is 0.383 e. The molecule has 9 heteroatoms. The van der Waals surface area contributed by atoms with Crippen molar-refractivity contribution in [1.82, 2.24) is 19.4 Å². The summed E-state index contributed by atoms with van der Waals surface area (Å²) in [5.41, 5.74) is 13.0. The van der Waals surface area contributed by atoms with Gasteiger partial charge in [0.25, 0.3) is 5.91 Å². The van der Waals surface area contributed by atoms with Crippen LogP contribution in [0.4, 0.5) is 11.5 Å². The number of hydrogen-bond acceptors (Lipinski definition) is 7. The average Bonchev–Trinajstić information content (AvgIpc) is 3.53. The van der Waals surface area contributed by atoms with Crippen LogP contribution in [0.3, 0.4) is 0 Å². The Morgan fingerprint density at radius 2 is 1.95 bits per heavy atom. The molecule has 1 aromatic carbocycles. The highest BCUT2D eigenvalue weighted by molar-refractivity contribution is 6.05. The second-order valence-corrected chi connectivity index (χ2v) is 10.7. The number of carbonyl (C=O) groups is 2. The first-order valence-corrected chi connectivity index (χ1v) is 13.7. The van der Waals surface area contributed by atoms with E-state index in [4.69, 9.17) is 15.3 Å². The van der Waals surface area contributed by atoms with Crippen LogP contribution in [0.2, 0.25) is 0 Å². The van der Waals surface area contributed by atoms with Crippen LogP contribution in [-0.4, -0.2) is 65.0 Å². The van der Waals surface area contributed by atoms with Gasteiger partial charge in [0.1, 0.15) is 24.6 Å². The Kier molecular flexibility index (Phi) is 9.50. The molecule has 3 heterocycles. The Labute approximate surface area is 236 Å². The average molecular weight is 545 g/mol. The summed E-state index contributed by atoms with van der Waals surface area (Å²) in [5.74, 6) is 0.953. The quantitative estimate of drug-likeness (QED) is 0.390. The summed E-state index contributed by atoms with van der Waals surface area (Å²) >= 11 is 0. The number of benzene rings is 1. The third kappa shape index (κ3) is 6.00. The van der Waals surface area contributed by atoms with Crippen molar-refractivity contribution < 1.29 is 14.3 Å².